The van der Waals surface area contributed by atoms with Crippen LogP contribution in [0.2, 0.25) is 0 Å². The standard InChI is InChI=1S/C21H20N4S/c1-14-9-11-17(12-10-14)19-18(13-22)20(25-21(24-19)26-3)23-15(2)16-7-5-4-6-8-16/h4-12,15H,1-3H3,(H,23,24,25)/t15-/m1/s1. The lowest BCUT2D eigenvalue weighted by molar-refractivity contribution is 0.854. The van der Waals surface area contributed by atoms with E-state index in [0.29, 0.717) is 22.2 Å². The molecule has 0 fully saturated rings. The Morgan fingerprint density at radius 1 is 1.04 bits per heavy atom. The number of thioether (sulfide) groups is 1. The van der Waals surface area contributed by atoms with E-state index in [1.54, 1.807) is 0 Å². The number of hydrogen-bond donors (Lipinski definition) is 1. The largest absolute Gasteiger partial charge is 0.362 e. The molecule has 1 heterocycles. The number of nitrogens with one attached hydrogen (secondary N) is 1. The molecule has 0 aliphatic heterocycles. The summed E-state index contributed by atoms with van der Waals surface area (Å²) in [6.07, 6.45) is 1.94. The van der Waals surface area contributed by atoms with Crippen LogP contribution >= 0.6 is 11.8 Å². The molecule has 3 aromatic rings. The first-order chi connectivity index (χ1) is 12.6. The van der Waals surface area contributed by atoms with Gasteiger partial charge in [0.05, 0.1) is 5.69 Å². The molecule has 3 rings (SSSR count). The fourth-order valence-electron chi connectivity index (χ4n) is 2.69. The number of anilines is 1. The van der Waals surface area contributed by atoms with Gasteiger partial charge in [0, 0.05) is 11.6 Å². The summed E-state index contributed by atoms with van der Waals surface area (Å²) in [7, 11) is 0. The summed E-state index contributed by atoms with van der Waals surface area (Å²) in [6.45, 7) is 4.10. The molecule has 5 heteroatoms. The highest BCUT2D eigenvalue weighted by atomic mass is 32.2. The van der Waals surface area contributed by atoms with E-state index in [2.05, 4.69) is 40.4 Å². The minimum absolute atomic E-state index is 0.0266. The third kappa shape index (κ3) is 3.87. The van der Waals surface area contributed by atoms with Gasteiger partial charge < -0.3 is 5.32 Å². The maximum absolute atomic E-state index is 9.79. The van der Waals surface area contributed by atoms with Crippen molar-refractivity contribution < 1.29 is 0 Å². The maximum atomic E-state index is 9.79. The molecule has 0 radical (unpaired) electrons. The second-order valence-corrected chi connectivity index (χ2v) is 6.81. The molecular formula is C21H20N4S. The van der Waals surface area contributed by atoms with Crippen molar-refractivity contribution in [1.82, 2.24) is 9.97 Å². The lowest BCUT2D eigenvalue weighted by Gasteiger charge is -2.17. The highest BCUT2D eigenvalue weighted by molar-refractivity contribution is 7.98. The smallest absolute Gasteiger partial charge is 0.189 e. The zero-order valence-corrected chi connectivity index (χ0v) is 15.8. The van der Waals surface area contributed by atoms with Crippen molar-refractivity contribution in [2.75, 3.05) is 11.6 Å². The van der Waals surface area contributed by atoms with Crippen LogP contribution < -0.4 is 5.32 Å². The Kier molecular flexibility index (Phi) is 5.55. The van der Waals surface area contributed by atoms with Crippen LogP contribution in [0.15, 0.2) is 59.8 Å². The van der Waals surface area contributed by atoms with E-state index >= 15 is 0 Å². The van der Waals surface area contributed by atoms with Crippen LogP contribution in [0.3, 0.4) is 0 Å². The monoisotopic (exact) mass is 360 g/mol. The van der Waals surface area contributed by atoms with Crippen molar-refractivity contribution >= 4 is 17.6 Å². The Morgan fingerprint density at radius 3 is 2.35 bits per heavy atom. The number of hydrogen-bond acceptors (Lipinski definition) is 5. The number of rotatable bonds is 5. The van der Waals surface area contributed by atoms with Crippen molar-refractivity contribution in [3.05, 3.63) is 71.3 Å². The molecule has 1 N–H and O–H groups in total. The number of nitrogens with zero attached hydrogens (tertiary/aromatic N) is 3. The van der Waals surface area contributed by atoms with Crippen LogP contribution in [0.1, 0.15) is 29.7 Å². The second kappa shape index (κ2) is 8.03. The van der Waals surface area contributed by atoms with Crippen LogP contribution in [-0.4, -0.2) is 16.2 Å². The Labute approximate surface area is 158 Å². The molecule has 0 spiro atoms. The quantitative estimate of drug-likeness (QED) is 0.499. The highest BCUT2D eigenvalue weighted by Gasteiger charge is 2.17. The summed E-state index contributed by atoms with van der Waals surface area (Å²) in [5.41, 5.74) is 4.35. The van der Waals surface area contributed by atoms with Crippen LogP contribution in [0.25, 0.3) is 11.3 Å². The third-order valence-electron chi connectivity index (χ3n) is 4.16. The summed E-state index contributed by atoms with van der Waals surface area (Å²) in [5, 5.41) is 13.8. The van der Waals surface area contributed by atoms with Gasteiger partial charge in [-0.2, -0.15) is 5.26 Å². The van der Waals surface area contributed by atoms with Gasteiger partial charge in [-0.05, 0) is 25.7 Å². The van der Waals surface area contributed by atoms with E-state index < -0.39 is 0 Å². The first-order valence-corrected chi connectivity index (χ1v) is 9.59. The van der Waals surface area contributed by atoms with Gasteiger partial charge in [-0.3, -0.25) is 0 Å². The average molecular weight is 360 g/mol. The molecular weight excluding hydrogens is 340 g/mol. The highest BCUT2D eigenvalue weighted by Crippen LogP contribution is 2.30. The Hall–Kier alpha value is -2.84. The minimum atomic E-state index is 0.0266. The first-order valence-electron chi connectivity index (χ1n) is 8.37. The van der Waals surface area contributed by atoms with E-state index in [4.69, 9.17) is 0 Å². The van der Waals surface area contributed by atoms with Crippen molar-refractivity contribution in [3.63, 3.8) is 0 Å². The summed E-state index contributed by atoms with van der Waals surface area (Å²) in [4.78, 5) is 9.14. The molecule has 130 valence electrons. The van der Waals surface area contributed by atoms with Gasteiger partial charge in [0.25, 0.3) is 0 Å². The van der Waals surface area contributed by atoms with Crippen LogP contribution in [0, 0.1) is 18.3 Å². The SMILES string of the molecule is CSc1nc(N[C@H](C)c2ccccc2)c(C#N)c(-c2ccc(C)cc2)n1. The molecule has 0 saturated carbocycles. The van der Waals surface area contributed by atoms with Crippen molar-refractivity contribution in [2.45, 2.75) is 25.0 Å². The molecule has 0 bridgehead atoms. The predicted octanol–water partition coefficient (Wildman–Crippen LogP) is 5.22. The first kappa shape index (κ1) is 18.0. The molecule has 1 aromatic heterocycles. The van der Waals surface area contributed by atoms with E-state index in [0.717, 1.165) is 11.1 Å². The van der Waals surface area contributed by atoms with Gasteiger partial charge in [0.1, 0.15) is 17.5 Å². The summed E-state index contributed by atoms with van der Waals surface area (Å²) >= 11 is 1.47. The number of benzene rings is 2. The summed E-state index contributed by atoms with van der Waals surface area (Å²) in [5.74, 6) is 0.568. The number of aryl methyl sites for hydroxylation is 1. The van der Waals surface area contributed by atoms with Gasteiger partial charge in [-0.1, -0.05) is 71.9 Å². The molecule has 0 amide bonds. The van der Waals surface area contributed by atoms with E-state index in [-0.39, 0.29) is 6.04 Å². The maximum Gasteiger partial charge on any atom is 0.189 e. The van der Waals surface area contributed by atoms with Gasteiger partial charge in [0.15, 0.2) is 5.16 Å². The Morgan fingerprint density at radius 2 is 1.73 bits per heavy atom. The van der Waals surface area contributed by atoms with Crippen molar-refractivity contribution in [2.24, 2.45) is 0 Å². The van der Waals surface area contributed by atoms with E-state index in [9.17, 15) is 5.26 Å². The summed E-state index contributed by atoms with van der Waals surface area (Å²) < 4.78 is 0. The fraction of sp³-hybridized carbons (Fsp3) is 0.190. The van der Waals surface area contributed by atoms with Crippen LogP contribution in [0.4, 0.5) is 5.82 Å². The number of aromatic nitrogens is 2. The zero-order chi connectivity index (χ0) is 18.5. The third-order valence-corrected chi connectivity index (χ3v) is 4.71. The fourth-order valence-corrected chi connectivity index (χ4v) is 3.06. The van der Waals surface area contributed by atoms with Gasteiger partial charge in [-0.15, -0.1) is 0 Å². The second-order valence-electron chi connectivity index (χ2n) is 6.04. The van der Waals surface area contributed by atoms with Crippen molar-refractivity contribution in [3.8, 4) is 17.3 Å². The lowest BCUT2D eigenvalue weighted by Crippen LogP contribution is -2.11. The Bertz CT molecular complexity index is 931. The molecule has 0 aliphatic rings. The normalized spacial score (nSPS) is 11.6. The molecule has 0 saturated heterocycles. The zero-order valence-electron chi connectivity index (χ0n) is 15.0. The molecule has 2 aromatic carbocycles. The average Bonchev–Trinajstić information content (AvgIpc) is 2.68. The number of nitriles is 1. The van der Waals surface area contributed by atoms with E-state index in [1.807, 2.05) is 55.6 Å². The molecule has 4 nitrogen and oxygen atoms in total. The van der Waals surface area contributed by atoms with Crippen LogP contribution in [-0.2, 0) is 0 Å². The predicted molar refractivity (Wildman–Crippen MR) is 107 cm³/mol. The molecule has 0 unspecified atom stereocenters. The van der Waals surface area contributed by atoms with Crippen LogP contribution in [0.5, 0.6) is 0 Å². The Balaban J connectivity index is 2.06. The van der Waals surface area contributed by atoms with Gasteiger partial charge in [0.2, 0.25) is 0 Å². The van der Waals surface area contributed by atoms with E-state index in [1.165, 1.54) is 17.3 Å². The van der Waals surface area contributed by atoms with Gasteiger partial charge >= 0.3 is 0 Å². The molecule has 1 atom stereocenters. The lowest BCUT2D eigenvalue weighted by atomic mass is 10.0. The van der Waals surface area contributed by atoms with Gasteiger partial charge in [-0.25, -0.2) is 9.97 Å². The minimum Gasteiger partial charge on any atom is -0.362 e. The topological polar surface area (TPSA) is 61.6 Å². The summed E-state index contributed by atoms with van der Waals surface area (Å²) in [6, 6.07) is 20.5. The van der Waals surface area contributed by atoms with Crippen molar-refractivity contribution in [1.29, 1.82) is 5.26 Å². The molecule has 26 heavy (non-hydrogen) atoms. The molecule has 0 aliphatic carbocycles.